The maximum Gasteiger partial charge on any atom is 0.0660 e. The van der Waals surface area contributed by atoms with Gasteiger partial charge in [-0.3, -0.25) is 0 Å². The predicted octanol–water partition coefficient (Wildman–Crippen LogP) is 6.26. The zero-order valence-corrected chi connectivity index (χ0v) is 15.4. The number of halogens is 3. The average molecular weight is 469 g/mol. The molecule has 1 aliphatic carbocycles. The van der Waals surface area contributed by atoms with Gasteiger partial charge >= 0.3 is 0 Å². The van der Waals surface area contributed by atoms with Crippen LogP contribution in [0.4, 0.5) is 5.69 Å². The first-order chi connectivity index (χ1) is 9.13. The van der Waals surface area contributed by atoms with Crippen molar-refractivity contribution in [3.05, 3.63) is 47.1 Å². The minimum atomic E-state index is 0.417. The van der Waals surface area contributed by atoms with Crippen molar-refractivity contribution in [2.45, 2.75) is 25.3 Å². The summed E-state index contributed by atoms with van der Waals surface area (Å²) in [6.45, 7) is 0. The zero-order valence-electron chi connectivity index (χ0n) is 10.1. The molecule has 0 saturated carbocycles. The number of hydrogen-bond acceptors (Lipinski definition) is 2. The molecule has 0 fully saturated rings. The molecule has 1 aromatic heterocycles. The number of nitrogens with one attached hydrogen (secondary N) is 1. The van der Waals surface area contributed by atoms with Gasteiger partial charge in [0.25, 0.3) is 0 Å². The number of anilines is 1. The van der Waals surface area contributed by atoms with Crippen LogP contribution in [0.2, 0.25) is 5.02 Å². The van der Waals surface area contributed by atoms with Crippen LogP contribution in [0.5, 0.6) is 0 Å². The quantitative estimate of drug-likeness (QED) is 0.513. The molecule has 100 valence electrons. The lowest BCUT2D eigenvalue weighted by Crippen LogP contribution is -2.15. The molecule has 1 aliphatic rings. The molecule has 3 rings (SSSR count). The fourth-order valence-electron chi connectivity index (χ4n) is 2.46. The van der Waals surface area contributed by atoms with Crippen molar-refractivity contribution in [2.24, 2.45) is 0 Å². The highest BCUT2D eigenvalue weighted by molar-refractivity contribution is 14.1. The third-order valence-corrected chi connectivity index (χ3v) is 6.55. The number of thiophene rings is 1. The van der Waals surface area contributed by atoms with Crippen molar-refractivity contribution < 1.29 is 0 Å². The molecule has 0 saturated heterocycles. The van der Waals surface area contributed by atoms with E-state index in [1.54, 1.807) is 0 Å². The summed E-state index contributed by atoms with van der Waals surface area (Å²) in [7, 11) is 0. The number of rotatable bonds is 2. The molecule has 1 nitrogen and oxygen atoms in total. The Morgan fingerprint density at radius 1 is 1.37 bits per heavy atom. The molecule has 0 bridgehead atoms. The van der Waals surface area contributed by atoms with E-state index in [9.17, 15) is 0 Å². The van der Waals surface area contributed by atoms with Gasteiger partial charge in [0, 0.05) is 15.0 Å². The summed E-state index contributed by atoms with van der Waals surface area (Å²) in [5, 5.41) is 4.37. The number of aryl methyl sites for hydroxylation is 1. The Morgan fingerprint density at radius 3 is 3.00 bits per heavy atom. The van der Waals surface area contributed by atoms with E-state index < -0.39 is 0 Å². The van der Waals surface area contributed by atoms with Crippen LogP contribution < -0.4 is 5.32 Å². The van der Waals surface area contributed by atoms with E-state index >= 15 is 0 Å². The molecule has 5 heteroatoms. The Hall–Kier alpha value is 0.220. The van der Waals surface area contributed by atoms with Gasteiger partial charge in [-0.2, -0.15) is 0 Å². The van der Waals surface area contributed by atoms with Crippen LogP contribution in [0.3, 0.4) is 0 Å². The molecular weight excluding hydrogens is 456 g/mol. The molecule has 1 heterocycles. The van der Waals surface area contributed by atoms with Gasteiger partial charge in [-0.05, 0) is 87.6 Å². The Labute approximate surface area is 144 Å². The summed E-state index contributed by atoms with van der Waals surface area (Å²) in [6.07, 6.45) is 3.67. The molecule has 1 N–H and O–H groups in total. The smallest absolute Gasteiger partial charge is 0.0660 e. The highest BCUT2D eigenvalue weighted by atomic mass is 127. The van der Waals surface area contributed by atoms with Crippen LogP contribution in [0, 0.1) is 2.88 Å². The van der Waals surface area contributed by atoms with Crippen molar-refractivity contribution in [3.63, 3.8) is 0 Å². The van der Waals surface area contributed by atoms with E-state index in [1.807, 2.05) is 23.5 Å². The fraction of sp³-hybridized carbons (Fsp3) is 0.286. The van der Waals surface area contributed by atoms with Crippen molar-refractivity contribution in [2.75, 3.05) is 5.32 Å². The molecule has 0 aliphatic heterocycles. The molecule has 19 heavy (non-hydrogen) atoms. The summed E-state index contributed by atoms with van der Waals surface area (Å²) in [4.78, 5) is 1.54. The molecule has 2 aromatic rings. The molecule has 1 unspecified atom stereocenters. The summed E-state index contributed by atoms with van der Waals surface area (Å²) in [6, 6.07) is 8.78. The molecule has 0 radical (unpaired) electrons. The summed E-state index contributed by atoms with van der Waals surface area (Å²) in [5.74, 6) is 0. The highest BCUT2D eigenvalue weighted by Gasteiger charge is 2.22. The third-order valence-electron chi connectivity index (χ3n) is 3.34. The SMILES string of the molecule is Clc1cc(NC2CCCc3sc(I)cc32)ccc1Br. The van der Waals surface area contributed by atoms with Gasteiger partial charge in [-0.15, -0.1) is 11.3 Å². The Morgan fingerprint density at radius 2 is 2.21 bits per heavy atom. The van der Waals surface area contributed by atoms with E-state index in [0.717, 1.165) is 15.2 Å². The standard InChI is InChI=1S/C14H12BrClINS/c15-10-5-4-8(6-11(10)16)18-12-2-1-3-13-9(12)7-14(17)19-13/h4-7,12,18H,1-3H2. The van der Waals surface area contributed by atoms with Crippen LogP contribution in [0.1, 0.15) is 29.3 Å². The number of benzene rings is 1. The maximum absolute atomic E-state index is 6.15. The van der Waals surface area contributed by atoms with Crippen LogP contribution in [0.15, 0.2) is 28.7 Å². The van der Waals surface area contributed by atoms with Gasteiger partial charge in [0.2, 0.25) is 0 Å². The van der Waals surface area contributed by atoms with E-state index in [1.165, 1.54) is 32.6 Å². The van der Waals surface area contributed by atoms with Crippen molar-refractivity contribution in [3.8, 4) is 0 Å². The Kier molecular flexibility index (Phi) is 4.41. The van der Waals surface area contributed by atoms with Gasteiger partial charge in [-0.25, -0.2) is 0 Å². The maximum atomic E-state index is 6.15. The molecule has 0 amide bonds. The van der Waals surface area contributed by atoms with Crippen LogP contribution >= 0.6 is 61.5 Å². The Balaban J connectivity index is 1.86. The summed E-state index contributed by atoms with van der Waals surface area (Å²) < 4.78 is 2.32. The van der Waals surface area contributed by atoms with E-state index in [4.69, 9.17) is 11.6 Å². The van der Waals surface area contributed by atoms with Crippen molar-refractivity contribution in [1.82, 2.24) is 0 Å². The highest BCUT2D eigenvalue weighted by Crippen LogP contribution is 2.38. The monoisotopic (exact) mass is 467 g/mol. The lowest BCUT2D eigenvalue weighted by atomic mass is 9.94. The van der Waals surface area contributed by atoms with Crippen molar-refractivity contribution in [1.29, 1.82) is 0 Å². The first kappa shape index (κ1) is 14.2. The summed E-state index contributed by atoms with van der Waals surface area (Å²) in [5.41, 5.74) is 2.56. The second kappa shape index (κ2) is 5.92. The molecule has 1 aromatic carbocycles. The minimum absolute atomic E-state index is 0.417. The number of fused-ring (bicyclic) bond motifs is 1. The predicted molar refractivity (Wildman–Crippen MR) is 95.5 cm³/mol. The van der Waals surface area contributed by atoms with Gasteiger partial charge in [-0.1, -0.05) is 11.6 Å². The Bertz CT molecular complexity index is 613. The normalized spacial score (nSPS) is 18.2. The molecular formula is C14H12BrClINS. The van der Waals surface area contributed by atoms with Crippen molar-refractivity contribution >= 4 is 67.1 Å². The second-order valence-corrected chi connectivity index (χ2v) is 8.94. The number of hydrogen-bond donors (Lipinski definition) is 1. The summed E-state index contributed by atoms with van der Waals surface area (Å²) >= 11 is 13.9. The van der Waals surface area contributed by atoms with Gasteiger partial charge in [0.05, 0.1) is 13.9 Å². The largest absolute Gasteiger partial charge is 0.378 e. The van der Waals surface area contributed by atoms with Crippen LogP contribution in [0.25, 0.3) is 0 Å². The van der Waals surface area contributed by atoms with E-state index in [2.05, 4.69) is 56.0 Å². The third kappa shape index (κ3) is 3.12. The first-order valence-corrected chi connectivity index (χ1v) is 9.20. The van der Waals surface area contributed by atoms with Gasteiger partial charge in [0.15, 0.2) is 0 Å². The molecule has 0 spiro atoms. The molecule has 1 atom stereocenters. The van der Waals surface area contributed by atoms with Crippen LogP contribution in [-0.4, -0.2) is 0 Å². The van der Waals surface area contributed by atoms with E-state index in [-0.39, 0.29) is 0 Å². The first-order valence-electron chi connectivity index (χ1n) is 6.13. The van der Waals surface area contributed by atoms with E-state index in [0.29, 0.717) is 6.04 Å². The zero-order chi connectivity index (χ0) is 13.4. The lowest BCUT2D eigenvalue weighted by Gasteiger charge is -2.24. The topological polar surface area (TPSA) is 12.0 Å². The second-order valence-electron chi connectivity index (χ2n) is 4.65. The van der Waals surface area contributed by atoms with Gasteiger partial charge in [0.1, 0.15) is 0 Å². The fourth-order valence-corrected chi connectivity index (χ4v) is 5.01. The average Bonchev–Trinajstić information content (AvgIpc) is 2.75. The lowest BCUT2D eigenvalue weighted by molar-refractivity contribution is 0.609. The van der Waals surface area contributed by atoms with Crippen LogP contribution in [-0.2, 0) is 6.42 Å². The minimum Gasteiger partial charge on any atom is -0.378 e. The van der Waals surface area contributed by atoms with Gasteiger partial charge < -0.3 is 5.32 Å².